The minimum Gasteiger partial charge on any atom is -0.497 e. The standard InChI is InChI=1S/C22H17N5O2/c1-14-19-20(18-12-24-27(21(18)25-14)16-6-4-3-5-7-16)23-13-26(22(19)28)15-8-10-17(29-2)11-9-15/h3-13H,1-2H3. The molecule has 7 heteroatoms. The summed E-state index contributed by atoms with van der Waals surface area (Å²) in [5.74, 6) is 0.725. The summed E-state index contributed by atoms with van der Waals surface area (Å²) in [7, 11) is 1.61. The lowest BCUT2D eigenvalue weighted by atomic mass is 10.2. The molecular formula is C22H17N5O2. The number of hydrogen-bond donors (Lipinski definition) is 0. The van der Waals surface area contributed by atoms with Crippen LogP contribution in [0.25, 0.3) is 33.3 Å². The second-order valence-corrected chi connectivity index (χ2v) is 6.67. The van der Waals surface area contributed by atoms with Gasteiger partial charge in [-0.05, 0) is 43.3 Å². The molecule has 5 rings (SSSR count). The number of hydrogen-bond acceptors (Lipinski definition) is 5. The van der Waals surface area contributed by atoms with Gasteiger partial charge in [-0.15, -0.1) is 0 Å². The molecule has 0 saturated carbocycles. The molecule has 0 N–H and O–H groups in total. The van der Waals surface area contributed by atoms with Gasteiger partial charge in [0.25, 0.3) is 5.56 Å². The number of rotatable bonds is 3. The van der Waals surface area contributed by atoms with Crippen LogP contribution in [-0.4, -0.2) is 31.4 Å². The Morgan fingerprint density at radius 2 is 1.72 bits per heavy atom. The maximum atomic E-state index is 13.2. The Morgan fingerprint density at radius 1 is 0.966 bits per heavy atom. The molecule has 2 aromatic carbocycles. The first-order chi connectivity index (χ1) is 14.2. The number of pyridine rings is 1. The second kappa shape index (κ2) is 6.56. The normalized spacial score (nSPS) is 11.2. The van der Waals surface area contributed by atoms with Crippen LogP contribution in [0, 0.1) is 6.92 Å². The van der Waals surface area contributed by atoms with Gasteiger partial charge in [0.2, 0.25) is 0 Å². The highest BCUT2D eigenvalue weighted by Gasteiger charge is 2.17. The molecule has 3 heterocycles. The second-order valence-electron chi connectivity index (χ2n) is 6.67. The smallest absolute Gasteiger partial charge is 0.267 e. The lowest BCUT2D eigenvalue weighted by Gasteiger charge is -2.10. The molecule has 142 valence electrons. The highest BCUT2D eigenvalue weighted by Crippen LogP contribution is 2.24. The molecule has 0 aliphatic carbocycles. The maximum absolute atomic E-state index is 13.2. The molecular weight excluding hydrogens is 366 g/mol. The Labute approximate surface area is 165 Å². The zero-order valence-electron chi connectivity index (χ0n) is 15.9. The summed E-state index contributed by atoms with van der Waals surface area (Å²) in [5.41, 5.74) is 3.34. The van der Waals surface area contributed by atoms with E-state index in [9.17, 15) is 4.79 Å². The predicted molar refractivity (Wildman–Crippen MR) is 111 cm³/mol. The van der Waals surface area contributed by atoms with E-state index in [1.54, 1.807) is 24.3 Å². The highest BCUT2D eigenvalue weighted by atomic mass is 16.5. The number of methoxy groups -OCH3 is 1. The maximum Gasteiger partial charge on any atom is 0.267 e. The Balaban J connectivity index is 1.75. The molecule has 7 nitrogen and oxygen atoms in total. The van der Waals surface area contributed by atoms with Crippen LogP contribution in [0.15, 0.2) is 71.9 Å². The van der Waals surface area contributed by atoms with Gasteiger partial charge in [-0.2, -0.15) is 5.10 Å². The van der Waals surface area contributed by atoms with Gasteiger partial charge in [-0.1, -0.05) is 18.2 Å². The van der Waals surface area contributed by atoms with Crippen molar-refractivity contribution in [3.8, 4) is 17.1 Å². The molecule has 0 atom stereocenters. The van der Waals surface area contributed by atoms with Gasteiger partial charge >= 0.3 is 0 Å². The van der Waals surface area contributed by atoms with Crippen molar-refractivity contribution in [1.29, 1.82) is 0 Å². The van der Waals surface area contributed by atoms with E-state index in [4.69, 9.17) is 9.72 Å². The van der Waals surface area contributed by atoms with Crippen LogP contribution in [0.5, 0.6) is 5.75 Å². The summed E-state index contributed by atoms with van der Waals surface area (Å²) < 4.78 is 8.47. The third-order valence-electron chi connectivity index (χ3n) is 4.96. The molecule has 29 heavy (non-hydrogen) atoms. The molecule has 0 amide bonds. The number of aromatic nitrogens is 5. The van der Waals surface area contributed by atoms with Crippen molar-refractivity contribution < 1.29 is 4.74 Å². The van der Waals surface area contributed by atoms with E-state index >= 15 is 0 Å². The third-order valence-corrected chi connectivity index (χ3v) is 4.96. The first-order valence-electron chi connectivity index (χ1n) is 9.13. The van der Waals surface area contributed by atoms with E-state index in [0.29, 0.717) is 27.9 Å². The van der Waals surface area contributed by atoms with E-state index in [0.717, 1.165) is 16.8 Å². The predicted octanol–water partition coefficient (Wildman–Crippen LogP) is 3.44. The summed E-state index contributed by atoms with van der Waals surface area (Å²) in [5, 5.41) is 5.71. The molecule has 0 aliphatic rings. The largest absolute Gasteiger partial charge is 0.497 e. The van der Waals surface area contributed by atoms with Crippen LogP contribution in [0.2, 0.25) is 0 Å². The van der Waals surface area contributed by atoms with Crippen molar-refractivity contribution in [2.24, 2.45) is 0 Å². The summed E-state index contributed by atoms with van der Waals surface area (Å²) in [6.07, 6.45) is 3.26. The van der Waals surface area contributed by atoms with Gasteiger partial charge in [-0.3, -0.25) is 9.36 Å². The fourth-order valence-electron chi connectivity index (χ4n) is 3.50. The Kier molecular flexibility index (Phi) is 3.87. The van der Waals surface area contributed by atoms with E-state index in [2.05, 4.69) is 10.1 Å². The van der Waals surface area contributed by atoms with Gasteiger partial charge in [-0.25, -0.2) is 14.6 Å². The van der Waals surface area contributed by atoms with Crippen LogP contribution in [0.1, 0.15) is 5.69 Å². The van der Waals surface area contributed by atoms with Gasteiger partial charge in [0.1, 0.15) is 12.1 Å². The average molecular weight is 383 g/mol. The van der Waals surface area contributed by atoms with Crippen LogP contribution in [-0.2, 0) is 0 Å². The number of nitrogens with zero attached hydrogens (tertiary/aromatic N) is 5. The van der Waals surface area contributed by atoms with Gasteiger partial charge in [0, 0.05) is 0 Å². The average Bonchev–Trinajstić information content (AvgIpc) is 3.18. The fraction of sp³-hybridized carbons (Fsp3) is 0.0909. The monoisotopic (exact) mass is 383 g/mol. The fourth-order valence-corrected chi connectivity index (χ4v) is 3.50. The van der Waals surface area contributed by atoms with Crippen LogP contribution < -0.4 is 10.3 Å². The summed E-state index contributed by atoms with van der Waals surface area (Å²) >= 11 is 0. The summed E-state index contributed by atoms with van der Waals surface area (Å²) in [4.78, 5) is 22.5. The number of ether oxygens (including phenoxy) is 1. The molecule has 5 aromatic rings. The number of para-hydroxylation sites is 1. The molecule has 3 aromatic heterocycles. The molecule has 0 radical (unpaired) electrons. The van der Waals surface area contributed by atoms with E-state index in [1.807, 2.05) is 61.5 Å². The summed E-state index contributed by atoms with van der Waals surface area (Å²) in [6.45, 7) is 1.82. The molecule has 0 fully saturated rings. The molecule has 0 saturated heterocycles. The minimum atomic E-state index is -0.167. The third kappa shape index (κ3) is 2.67. The van der Waals surface area contributed by atoms with Crippen LogP contribution >= 0.6 is 0 Å². The first-order valence-corrected chi connectivity index (χ1v) is 9.13. The van der Waals surface area contributed by atoms with Crippen molar-refractivity contribution in [3.05, 3.63) is 83.2 Å². The van der Waals surface area contributed by atoms with Crippen LogP contribution in [0.4, 0.5) is 0 Å². The topological polar surface area (TPSA) is 74.8 Å². The molecule has 0 unspecified atom stereocenters. The summed E-state index contributed by atoms with van der Waals surface area (Å²) in [6, 6.07) is 17.0. The van der Waals surface area contributed by atoms with E-state index in [-0.39, 0.29) is 5.56 Å². The van der Waals surface area contributed by atoms with E-state index < -0.39 is 0 Å². The Bertz CT molecular complexity index is 1400. The van der Waals surface area contributed by atoms with E-state index in [1.165, 1.54) is 4.57 Å². The lowest BCUT2D eigenvalue weighted by Crippen LogP contribution is -2.20. The Morgan fingerprint density at radius 3 is 2.45 bits per heavy atom. The van der Waals surface area contributed by atoms with Crippen molar-refractivity contribution in [3.63, 3.8) is 0 Å². The first kappa shape index (κ1) is 17.1. The molecule has 0 spiro atoms. The van der Waals surface area contributed by atoms with Crippen molar-refractivity contribution in [2.45, 2.75) is 6.92 Å². The lowest BCUT2D eigenvalue weighted by molar-refractivity contribution is 0.414. The van der Waals surface area contributed by atoms with Crippen molar-refractivity contribution in [1.82, 2.24) is 24.3 Å². The number of fused-ring (bicyclic) bond motifs is 3. The zero-order valence-corrected chi connectivity index (χ0v) is 15.9. The molecule has 0 bridgehead atoms. The van der Waals surface area contributed by atoms with Crippen molar-refractivity contribution in [2.75, 3.05) is 7.11 Å². The molecule has 0 aliphatic heterocycles. The Hall–Kier alpha value is -4.00. The van der Waals surface area contributed by atoms with Crippen LogP contribution in [0.3, 0.4) is 0 Å². The minimum absolute atomic E-state index is 0.167. The van der Waals surface area contributed by atoms with Gasteiger partial charge in [0.05, 0.1) is 46.7 Å². The zero-order chi connectivity index (χ0) is 20.0. The van der Waals surface area contributed by atoms with Gasteiger partial charge < -0.3 is 4.74 Å². The van der Waals surface area contributed by atoms with Gasteiger partial charge in [0.15, 0.2) is 5.65 Å². The quantitative estimate of drug-likeness (QED) is 0.477. The highest BCUT2D eigenvalue weighted by molar-refractivity contribution is 6.02. The number of benzene rings is 2. The SMILES string of the molecule is COc1ccc(-n2cnc3c(c(C)nc4c3cnn4-c3ccccc3)c2=O)cc1. The van der Waals surface area contributed by atoms with Crippen molar-refractivity contribution >= 4 is 21.9 Å². The number of aryl methyl sites for hydroxylation is 1.